The molecule has 1 aromatic carbocycles. The van der Waals surface area contributed by atoms with E-state index in [0.29, 0.717) is 38.5 Å². The second-order valence-electron chi connectivity index (χ2n) is 10.2. The second-order valence-corrected chi connectivity index (χ2v) is 10.2. The van der Waals surface area contributed by atoms with Crippen LogP contribution >= 0.6 is 0 Å². The van der Waals surface area contributed by atoms with Gasteiger partial charge in [0.2, 0.25) is 11.8 Å². The molecular formula is C24H31FN2O2. The Bertz CT molecular complexity index is 747. The highest BCUT2D eigenvalue weighted by atomic mass is 19.1. The van der Waals surface area contributed by atoms with Crippen LogP contribution in [0.1, 0.15) is 50.5 Å². The summed E-state index contributed by atoms with van der Waals surface area (Å²) in [6.45, 7) is 2.49. The highest BCUT2D eigenvalue weighted by Gasteiger charge is 2.51. The summed E-state index contributed by atoms with van der Waals surface area (Å²) in [5.41, 5.74) is 1.11. The fourth-order valence-electron chi connectivity index (χ4n) is 7.03. The van der Waals surface area contributed by atoms with E-state index < -0.39 is 0 Å². The van der Waals surface area contributed by atoms with E-state index in [1.54, 1.807) is 12.1 Å². The monoisotopic (exact) mass is 398 g/mol. The molecule has 5 aliphatic rings. The molecule has 1 aromatic rings. The molecule has 4 saturated carbocycles. The van der Waals surface area contributed by atoms with Crippen LogP contribution in [0.15, 0.2) is 24.3 Å². The number of amides is 2. The molecule has 0 aromatic heterocycles. The zero-order valence-electron chi connectivity index (χ0n) is 17.1. The van der Waals surface area contributed by atoms with Gasteiger partial charge in [-0.2, -0.15) is 0 Å². The van der Waals surface area contributed by atoms with Gasteiger partial charge >= 0.3 is 0 Å². The molecule has 0 spiro atoms. The SMILES string of the molecule is O=C(Cc1ccc(F)cc1)N1CCN(C(=O)CC23CC4CC(CC(C4)C2)C3)CC1. The number of rotatable bonds is 4. The average Bonchev–Trinajstić information content (AvgIpc) is 2.68. The Balaban J connectivity index is 1.13. The molecule has 0 atom stereocenters. The molecule has 4 aliphatic carbocycles. The highest BCUT2D eigenvalue weighted by molar-refractivity contribution is 5.80. The van der Waals surface area contributed by atoms with Crippen LogP contribution in [-0.4, -0.2) is 47.8 Å². The molecule has 4 bridgehead atoms. The van der Waals surface area contributed by atoms with Crippen LogP contribution in [0, 0.1) is 29.0 Å². The predicted octanol–water partition coefficient (Wildman–Crippen LogP) is 3.65. The maximum atomic E-state index is 13.1. The van der Waals surface area contributed by atoms with Crippen LogP contribution in [0.4, 0.5) is 4.39 Å². The van der Waals surface area contributed by atoms with Crippen molar-refractivity contribution in [3.63, 3.8) is 0 Å². The van der Waals surface area contributed by atoms with Gasteiger partial charge in [0.15, 0.2) is 0 Å². The van der Waals surface area contributed by atoms with Crippen molar-refractivity contribution in [1.82, 2.24) is 9.80 Å². The van der Waals surface area contributed by atoms with Crippen molar-refractivity contribution in [3.8, 4) is 0 Å². The molecule has 4 nitrogen and oxygen atoms in total. The fourth-order valence-corrected chi connectivity index (χ4v) is 7.03. The number of halogens is 1. The molecule has 0 radical (unpaired) electrons. The Hall–Kier alpha value is -1.91. The van der Waals surface area contributed by atoms with E-state index in [9.17, 15) is 14.0 Å². The molecule has 0 unspecified atom stereocenters. The first-order valence-electron chi connectivity index (χ1n) is 11.3. The molecule has 2 amide bonds. The van der Waals surface area contributed by atoms with Crippen molar-refractivity contribution in [3.05, 3.63) is 35.6 Å². The Kier molecular flexibility index (Phi) is 4.87. The zero-order chi connectivity index (χ0) is 20.0. The lowest BCUT2D eigenvalue weighted by molar-refractivity contribution is -0.144. The Labute approximate surface area is 172 Å². The number of carbonyl (C=O) groups is 2. The molecule has 1 saturated heterocycles. The summed E-state index contributed by atoms with van der Waals surface area (Å²) in [4.78, 5) is 29.5. The maximum Gasteiger partial charge on any atom is 0.227 e. The molecule has 6 rings (SSSR count). The van der Waals surface area contributed by atoms with E-state index in [1.807, 2.05) is 9.80 Å². The third-order valence-corrected chi connectivity index (χ3v) is 7.94. The highest BCUT2D eigenvalue weighted by Crippen LogP contribution is 2.61. The van der Waals surface area contributed by atoms with Gasteiger partial charge in [0, 0.05) is 32.6 Å². The molecule has 156 valence electrons. The number of carbonyl (C=O) groups excluding carboxylic acids is 2. The van der Waals surface area contributed by atoms with E-state index in [0.717, 1.165) is 29.7 Å². The zero-order valence-corrected chi connectivity index (χ0v) is 17.1. The summed E-state index contributed by atoms with van der Waals surface area (Å²) < 4.78 is 13.0. The van der Waals surface area contributed by atoms with Gasteiger partial charge in [0.1, 0.15) is 5.82 Å². The molecule has 1 aliphatic heterocycles. The minimum atomic E-state index is -0.285. The van der Waals surface area contributed by atoms with Gasteiger partial charge in [-0.05, 0) is 79.4 Å². The predicted molar refractivity (Wildman–Crippen MR) is 108 cm³/mol. The molecular weight excluding hydrogens is 367 g/mol. The minimum absolute atomic E-state index is 0.0600. The lowest BCUT2D eigenvalue weighted by Gasteiger charge is -2.57. The summed E-state index contributed by atoms with van der Waals surface area (Å²) in [5, 5.41) is 0. The largest absolute Gasteiger partial charge is 0.339 e. The van der Waals surface area contributed by atoms with Crippen molar-refractivity contribution in [2.24, 2.45) is 23.2 Å². The summed E-state index contributed by atoms with van der Waals surface area (Å²) in [7, 11) is 0. The van der Waals surface area contributed by atoms with Crippen LogP contribution in [0.2, 0.25) is 0 Å². The summed E-state index contributed by atoms with van der Waals surface area (Å²) in [6, 6.07) is 6.12. The summed E-state index contributed by atoms with van der Waals surface area (Å²) in [6.07, 6.45) is 9.02. The molecule has 0 N–H and O–H groups in total. The standard InChI is InChI=1S/C24H31FN2O2/c25-21-3-1-17(2-4-21)12-22(28)26-5-7-27(8-6-26)23(29)16-24-13-18-9-19(14-24)11-20(10-18)15-24/h1-4,18-20H,5-16H2. The molecule has 5 heteroatoms. The van der Waals surface area contributed by atoms with E-state index in [-0.39, 0.29) is 17.1 Å². The van der Waals surface area contributed by atoms with E-state index >= 15 is 0 Å². The first-order chi connectivity index (χ1) is 14.0. The summed E-state index contributed by atoms with van der Waals surface area (Å²) >= 11 is 0. The smallest absolute Gasteiger partial charge is 0.227 e. The minimum Gasteiger partial charge on any atom is -0.339 e. The Morgan fingerprint density at radius 1 is 0.828 bits per heavy atom. The quantitative estimate of drug-likeness (QED) is 0.777. The van der Waals surface area contributed by atoms with Crippen LogP contribution < -0.4 is 0 Å². The number of benzene rings is 1. The van der Waals surface area contributed by atoms with Crippen LogP contribution in [-0.2, 0) is 16.0 Å². The third-order valence-electron chi connectivity index (χ3n) is 7.94. The number of hydrogen-bond acceptors (Lipinski definition) is 2. The lowest BCUT2D eigenvalue weighted by Crippen LogP contribution is -2.53. The number of piperazine rings is 1. The Morgan fingerprint density at radius 2 is 1.31 bits per heavy atom. The molecule has 1 heterocycles. The first kappa shape index (κ1) is 19.1. The summed E-state index contributed by atoms with van der Waals surface area (Å²) in [5.74, 6) is 2.69. The van der Waals surface area contributed by atoms with Gasteiger partial charge in [0.25, 0.3) is 0 Å². The van der Waals surface area contributed by atoms with E-state index in [2.05, 4.69) is 0 Å². The van der Waals surface area contributed by atoms with Crippen LogP contribution in [0.25, 0.3) is 0 Å². The van der Waals surface area contributed by atoms with Gasteiger partial charge in [-0.3, -0.25) is 9.59 Å². The molecule has 29 heavy (non-hydrogen) atoms. The van der Waals surface area contributed by atoms with Crippen molar-refractivity contribution >= 4 is 11.8 Å². The van der Waals surface area contributed by atoms with Crippen LogP contribution in [0.3, 0.4) is 0 Å². The van der Waals surface area contributed by atoms with Gasteiger partial charge in [-0.25, -0.2) is 4.39 Å². The van der Waals surface area contributed by atoms with Crippen LogP contribution in [0.5, 0.6) is 0 Å². The number of nitrogens with zero attached hydrogens (tertiary/aromatic N) is 2. The van der Waals surface area contributed by atoms with Crippen molar-refractivity contribution < 1.29 is 14.0 Å². The van der Waals surface area contributed by atoms with Crippen molar-refractivity contribution in [1.29, 1.82) is 0 Å². The second kappa shape index (κ2) is 7.41. The van der Waals surface area contributed by atoms with Crippen molar-refractivity contribution in [2.45, 2.75) is 51.4 Å². The van der Waals surface area contributed by atoms with E-state index in [4.69, 9.17) is 0 Å². The van der Waals surface area contributed by atoms with Gasteiger partial charge in [0.05, 0.1) is 6.42 Å². The fraction of sp³-hybridized carbons (Fsp3) is 0.667. The lowest BCUT2D eigenvalue weighted by atomic mass is 9.49. The van der Waals surface area contributed by atoms with Gasteiger partial charge in [-0.1, -0.05) is 12.1 Å². The van der Waals surface area contributed by atoms with E-state index in [1.165, 1.54) is 50.7 Å². The average molecular weight is 399 g/mol. The maximum absolute atomic E-state index is 13.1. The topological polar surface area (TPSA) is 40.6 Å². The van der Waals surface area contributed by atoms with Gasteiger partial charge < -0.3 is 9.80 Å². The van der Waals surface area contributed by atoms with Gasteiger partial charge in [-0.15, -0.1) is 0 Å². The normalized spacial score (nSPS) is 33.2. The molecule has 5 fully saturated rings. The number of hydrogen-bond donors (Lipinski definition) is 0. The first-order valence-corrected chi connectivity index (χ1v) is 11.3. The third kappa shape index (κ3) is 3.93. The van der Waals surface area contributed by atoms with Crippen molar-refractivity contribution in [2.75, 3.05) is 26.2 Å². The Morgan fingerprint density at radius 3 is 1.83 bits per heavy atom.